The average Bonchev–Trinajstić information content (AvgIpc) is 3.37. The number of rotatable bonds is 8. The van der Waals surface area contributed by atoms with Gasteiger partial charge in [0.25, 0.3) is 0 Å². The summed E-state index contributed by atoms with van der Waals surface area (Å²) in [6.45, 7) is 0.211. The van der Waals surface area contributed by atoms with Crippen molar-refractivity contribution < 1.29 is 14.3 Å². The van der Waals surface area contributed by atoms with Gasteiger partial charge >= 0.3 is 0 Å². The van der Waals surface area contributed by atoms with E-state index < -0.39 is 0 Å². The van der Waals surface area contributed by atoms with Crippen LogP contribution in [0.1, 0.15) is 21.5 Å². The number of hydrogen-bond donors (Lipinski definition) is 0. The topological polar surface area (TPSA) is 40.5 Å². The molecule has 0 fully saturated rings. The molecule has 0 aliphatic carbocycles. The highest BCUT2D eigenvalue weighted by Crippen LogP contribution is 2.33. The average molecular weight is 478 g/mol. The minimum Gasteiger partial charge on any atom is -0.496 e. The second-order valence-corrected chi connectivity index (χ2v) is 8.06. The van der Waals surface area contributed by atoms with Gasteiger partial charge in [0.05, 0.1) is 17.2 Å². The SMILES string of the molecule is COc1ccc(/C=C/C(=O)c2ccc(-n3cccc3)cc2)cc1COc1c(Cl)cccc1Cl. The van der Waals surface area contributed by atoms with Crippen LogP contribution in [0.5, 0.6) is 11.5 Å². The summed E-state index contributed by atoms with van der Waals surface area (Å²) in [4.78, 5) is 12.6. The number of hydrogen-bond acceptors (Lipinski definition) is 3. The van der Waals surface area contributed by atoms with Crippen LogP contribution in [0.3, 0.4) is 0 Å². The molecule has 0 unspecified atom stereocenters. The van der Waals surface area contributed by atoms with E-state index in [0.717, 1.165) is 16.8 Å². The molecule has 33 heavy (non-hydrogen) atoms. The van der Waals surface area contributed by atoms with Crippen LogP contribution in [0.15, 0.2) is 91.3 Å². The van der Waals surface area contributed by atoms with Crippen molar-refractivity contribution in [1.29, 1.82) is 0 Å². The van der Waals surface area contributed by atoms with E-state index in [4.69, 9.17) is 32.7 Å². The first kappa shape index (κ1) is 22.7. The molecule has 0 N–H and O–H groups in total. The van der Waals surface area contributed by atoms with Crippen LogP contribution in [-0.2, 0) is 6.61 Å². The Labute approximate surface area is 202 Å². The van der Waals surface area contributed by atoms with Crippen molar-refractivity contribution in [2.75, 3.05) is 7.11 Å². The van der Waals surface area contributed by atoms with Gasteiger partial charge in [-0.3, -0.25) is 4.79 Å². The van der Waals surface area contributed by atoms with Gasteiger partial charge in [-0.15, -0.1) is 0 Å². The number of methoxy groups -OCH3 is 1. The number of allylic oxidation sites excluding steroid dienone is 1. The maximum absolute atomic E-state index is 12.6. The molecule has 0 saturated carbocycles. The molecular weight excluding hydrogens is 457 g/mol. The van der Waals surface area contributed by atoms with E-state index in [1.807, 2.05) is 71.6 Å². The van der Waals surface area contributed by atoms with Crippen LogP contribution >= 0.6 is 23.2 Å². The van der Waals surface area contributed by atoms with Crippen molar-refractivity contribution in [2.45, 2.75) is 6.61 Å². The van der Waals surface area contributed by atoms with Crippen LogP contribution in [0, 0.1) is 0 Å². The summed E-state index contributed by atoms with van der Waals surface area (Å²) < 4.78 is 13.3. The normalized spacial score (nSPS) is 11.0. The highest BCUT2D eigenvalue weighted by molar-refractivity contribution is 6.37. The zero-order chi connectivity index (χ0) is 23.2. The molecule has 4 nitrogen and oxygen atoms in total. The largest absolute Gasteiger partial charge is 0.496 e. The molecule has 1 aromatic heterocycles. The zero-order valence-electron chi connectivity index (χ0n) is 17.9. The Kier molecular flexibility index (Phi) is 7.18. The third-order valence-corrected chi connectivity index (χ3v) is 5.67. The summed E-state index contributed by atoms with van der Waals surface area (Å²) in [5.41, 5.74) is 3.27. The summed E-state index contributed by atoms with van der Waals surface area (Å²) in [6, 6.07) is 22.2. The predicted molar refractivity (Wildman–Crippen MR) is 133 cm³/mol. The second-order valence-electron chi connectivity index (χ2n) is 7.25. The van der Waals surface area contributed by atoms with Gasteiger partial charge in [0.1, 0.15) is 12.4 Å². The number of carbonyl (C=O) groups is 1. The fourth-order valence-electron chi connectivity index (χ4n) is 3.36. The highest BCUT2D eigenvalue weighted by atomic mass is 35.5. The van der Waals surface area contributed by atoms with Crippen LogP contribution in [-0.4, -0.2) is 17.5 Å². The van der Waals surface area contributed by atoms with Crippen molar-refractivity contribution in [3.05, 3.63) is 118 Å². The third kappa shape index (κ3) is 5.48. The van der Waals surface area contributed by atoms with Gasteiger partial charge in [0, 0.05) is 29.2 Å². The number of nitrogens with zero attached hydrogens (tertiary/aromatic N) is 1. The van der Waals surface area contributed by atoms with Crippen molar-refractivity contribution in [1.82, 2.24) is 4.57 Å². The molecule has 1 heterocycles. The molecule has 0 spiro atoms. The van der Waals surface area contributed by atoms with Crippen molar-refractivity contribution in [3.63, 3.8) is 0 Å². The van der Waals surface area contributed by atoms with Crippen molar-refractivity contribution in [2.24, 2.45) is 0 Å². The van der Waals surface area contributed by atoms with E-state index >= 15 is 0 Å². The molecule has 0 radical (unpaired) electrons. The van der Waals surface area contributed by atoms with Gasteiger partial charge in [-0.25, -0.2) is 0 Å². The molecule has 4 aromatic rings. The number of ether oxygens (including phenoxy) is 2. The molecule has 3 aromatic carbocycles. The van der Waals surface area contributed by atoms with E-state index in [1.165, 1.54) is 0 Å². The van der Waals surface area contributed by atoms with Crippen molar-refractivity contribution in [3.8, 4) is 17.2 Å². The monoisotopic (exact) mass is 477 g/mol. The van der Waals surface area contributed by atoms with Gasteiger partial charge in [0.2, 0.25) is 0 Å². The van der Waals surface area contributed by atoms with Gasteiger partial charge in [-0.05, 0) is 72.3 Å². The Morgan fingerprint density at radius 2 is 1.64 bits per heavy atom. The van der Waals surface area contributed by atoms with Gasteiger partial charge in [-0.2, -0.15) is 0 Å². The summed E-state index contributed by atoms with van der Waals surface area (Å²) in [7, 11) is 1.59. The fraction of sp³-hybridized carbons (Fsp3) is 0.0741. The molecule has 0 saturated heterocycles. The van der Waals surface area contributed by atoms with E-state index in [0.29, 0.717) is 27.1 Å². The van der Waals surface area contributed by atoms with Crippen LogP contribution in [0.2, 0.25) is 10.0 Å². The smallest absolute Gasteiger partial charge is 0.185 e. The Balaban J connectivity index is 1.48. The molecule has 0 aliphatic rings. The fourth-order valence-corrected chi connectivity index (χ4v) is 3.86. The van der Waals surface area contributed by atoms with Crippen LogP contribution in [0.4, 0.5) is 0 Å². The van der Waals surface area contributed by atoms with Crippen LogP contribution in [0.25, 0.3) is 11.8 Å². The molecule has 0 amide bonds. The maximum Gasteiger partial charge on any atom is 0.185 e. The molecule has 166 valence electrons. The van der Waals surface area contributed by atoms with E-state index in [1.54, 1.807) is 37.5 Å². The van der Waals surface area contributed by atoms with Gasteiger partial charge in [0.15, 0.2) is 11.5 Å². The number of aromatic nitrogens is 1. The number of halogens is 2. The summed E-state index contributed by atoms with van der Waals surface area (Å²) in [5, 5.41) is 0.872. The first-order chi connectivity index (χ1) is 16.0. The lowest BCUT2D eigenvalue weighted by molar-refractivity contribution is 0.104. The predicted octanol–water partition coefficient (Wildman–Crippen LogP) is 7.27. The lowest BCUT2D eigenvalue weighted by Crippen LogP contribution is -2.00. The Hall–Kier alpha value is -3.47. The van der Waals surface area contributed by atoms with E-state index in [-0.39, 0.29) is 12.4 Å². The first-order valence-corrected chi connectivity index (χ1v) is 11.0. The van der Waals surface area contributed by atoms with Crippen LogP contribution < -0.4 is 9.47 Å². The summed E-state index contributed by atoms with van der Waals surface area (Å²) in [5.74, 6) is 1.01. The molecule has 0 atom stereocenters. The van der Waals surface area contributed by atoms with Gasteiger partial charge < -0.3 is 14.0 Å². The lowest BCUT2D eigenvalue weighted by atomic mass is 10.1. The molecule has 6 heteroatoms. The highest BCUT2D eigenvalue weighted by Gasteiger charge is 2.10. The molecule has 0 bridgehead atoms. The molecular formula is C27H21Cl2NO3. The number of para-hydroxylation sites is 1. The first-order valence-electron chi connectivity index (χ1n) is 10.2. The maximum atomic E-state index is 12.6. The lowest BCUT2D eigenvalue weighted by Gasteiger charge is -2.13. The third-order valence-electron chi connectivity index (χ3n) is 5.08. The Morgan fingerprint density at radius 1 is 0.939 bits per heavy atom. The molecule has 0 aliphatic heterocycles. The number of benzene rings is 3. The van der Waals surface area contributed by atoms with Crippen molar-refractivity contribution >= 4 is 35.1 Å². The van der Waals surface area contributed by atoms with E-state index in [9.17, 15) is 4.79 Å². The van der Waals surface area contributed by atoms with Gasteiger partial charge in [-0.1, -0.05) is 41.4 Å². The standard InChI is InChI=1S/C27H21Cl2NO3/c1-32-26-14-8-19(17-21(26)18-33-27-23(28)5-4-6-24(27)29)7-13-25(31)20-9-11-22(12-10-20)30-15-2-3-16-30/h2-17H,18H2,1H3/b13-7+. The zero-order valence-corrected chi connectivity index (χ0v) is 19.4. The summed E-state index contributed by atoms with van der Waals surface area (Å²) >= 11 is 12.4. The number of carbonyl (C=O) groups excluding carboxylic acids is 1. The minimum absolute atomic E-state index is 0.0782. The minimum atomic E-state index is -0.0782. The Morgan fingerprint density at radius 3 is 2.30 bits per heavy atom. The molecule has 4 rings (SSSR count). The quantitative estimate of drug-likeness (QED) is 0.198. The second kappa shape index (κ2) is 10.4. The number of ketones is 1. The summed E-state index contributed by atoms with van der Waals surface area (Å²) in [6.07, 6.45) is 7.25. The van der Waals surface area contributed by atoms with E-state index in [2.05, 4.69) is 0 Å². The Bertz CT molecular complexity index is 1260.